The van der Waals surface area contributed by atoms with Gasteiger partial charge in [0, 0.05) is 19.8 Å². The maximum Gasteiger partial charge on any atom is 0.338 e. The second-order valence-corrected chi connectivity index (χ2v) is 8.48. The number of hydrogen-bond donors (Lipinski definition) is 0. The van der Waals surface area contributed by atoms with Gasteiger partial charge < -0.3 is 9.64 Å². The smallest absolute Gasteiger partial charge is 0.338 e. The fourth-order valence-electron chi connectivity index (χ4n) is 3.66. The molecule has 0 unspecified atom stereocenters. The van der Waals surface area contributed by atoms with Crippen molar-refractivity contribution >= 4 is 29.1 Å². The molecule has 4 rings (SSSR count). The van der Waals surface area contributed by atoms with Crippen LogP contribution >= 0.6 is 11.3 Å². The number of allylic oxidation sites excluding steroid dienone is 1. The van der Waals surface area contributed by atoms with Crippen molar-refractivity contribution in [3.05, 3.63) is 96.7 Å². The Kier molecular flexibility index (Phi) is 5.61. The number of carbonyl (C=O) groups is 1. The number of nitrogens with zero attached hydrogens (tertiary/aromatic N) is 3. The van der Waals surface area contributed by atoms with Crippen LogP contribution in [0.15, 0.2) is 75.7 Å². The summed E-state index contributed by atoms with van der Waals surface area (Å²) in [5, 5.41) is 0. The lowest BCUT2D eigenvalue weighted by atomic mass is 9.96. The molecular weight excluding hydrogens is 410 g/mol. The van der Waals surface area contributed by atoms with Crippen LogP contribution in [-0.2, 0) is 9.53 Å². The molecule has 6 nitrogen and oxygen atoms in total. The molecule has 0 N–H and O–H groups in total. The first kappa shape index (κ1) is 20.8. The van der Waals surface area contributed by atoms with Crippen LogP contribution in [0.5, 0.6) is 0 Å². The quantitative estimate of drug-likeness (QED) is 0.593. The van der Waals surface area contributed by atoms with E-state index in [1.54, 1.807) is 11.5 Å². The van der Waals surface area contributed by atoms with E-state index in [0.29, 0.717) is 20.6 Å². The predicted octanol–water partition coefficient (Wildman–Crippen LogP) is 2.47. The van der Waals surface area contributed by atoms with E-state index in [1.807, 2.05) is 79.7 Å². The Hall–Kier alpha value is -3.45. The van der Waals surface area contributed by atoms with Crippen LogP contribution in [0, 0.1) is 0 Å². The van der Waals surface area contributed by atoms with E-state index in [-0.39, 0.29) is 5.56 Å². The average Bonchev–Trinajstić information content (AvgIpc) is 3.07. The van der Waals surface area contributed by atoms with Crippen LogP contribution in [0.3, 0.4) is 0 Å². The Morgan fingerprint density at radius 1 is 1.13 bits per heavy atom. The van der Waals surface area contributed by atoms with Gasteiger partial charge in [-0.1, -0.05) is 53.8 Å². The highest BCUT2D eigenvalue weighted by Gasteiger charge is 2.32. The van der Waals surface area contributed by atoms with Gasteiger partial charge >= 0.3 is 5.97 Å². The Morgan fingerprint density at radius 3 is 2.42 bits per heavy atom. The van der Waals surface area contributed by atoms with Crippen molar-refractivity contribution in [3.63, 3.8) is 0 Å². The Bertz CT molecular complexity index is 1330. The van der Waals surface area contributed by atoms with Crippen LogP contribution in [0.2, 0.25) is 0 Å². The molecule has 1 aromatic heterocycles. The molecule has 2 heterocycles. The molecule has 0 amide bonds. The molecule has 1 aliphatic heterocycles. The molecule has 0 saturated carbocycles. The molecule has 158 valence electrons. The SMILES string of the molecule is COC(=O)C1=C(C)N=c2s/c(=C\c3ccc(N(C)C)cc3)c(=O)n2[C@@H]1c1ccccc1. The number of carbonyl (C=O) groups excluding carboxylic acids is 1. The Balaban J connectivity index is 1.91. The topological polar surface area (TPSA) is 63.9 Å². The first-order valence-electron chi connectivity index (χ1n) is 9.84. The normalized spacial score (nSPS) is 16.0. The van der Waals surface area contributed by atoms with Crippen molar-refractivity contribution in [3.8, 4) is 0 Å². The van der Waals surface area contributed by atoms with Gasteiger partial charge in [-0.25, -0.2) is 9.79 Å². The van der Waals surface area contributed by atoms with Crippen LogP contribution in [0.4, 0.5) is 5.69 Å². The molecule has 0 bridgehead atoms. The van der Waals surface area contributed by atoms with E-state index in [2.05, 4.69) is 4.99 Å². The van der Waals surface area contributed by atoms with Crippen LogP contribution < -0.4 is 19.8 Å². The Labute approximate surface area is 184 Å². The van der Waals surface area contributed by atoms with Gasteiger partial charge in [-0.15, -0.1) is 0 Å². The summed E-state index contributed by atoms with van der Waals surface area (Å²) in [5.41, 5.74) is 3.60. The summed E-state index contributed by atoms with van der Waals surface area (Å²) in [6, 6.07) is 16.9. The molecule has 7 heteroatoms. The lowest BCUT2D eigenvalue weighted by Crippen LogP contribution is -2.39. The van der Waals surface area contributed by atoms with E-state index in [1.165, 1.54) is 18.4 Å². The van der Waals surface area contributed by atoms with E-state index in [0.717, 1.165) is 16.8 Å². The van der Waals surface area contributed by atoms with Crippen molar-refractivity contribution in [1.82, 2.24) is 4.57 Å². The molecule has 1 aliphatic rings. The van der Waals surface area contributed by atoms with Crippen molar-refractivity contribution in [2.24, 2.45) is 4.99 Å². The third-order valence-electron chi connectivity index (χ3n) is 5.25. The highest BCUT2D eigenvalue weighted by Crippen LogP contribution is 2.30. The summed E-state index contributed by atoms with van der Waals surface area (Å²) in [6.45, 7) is 1.78. The van der Waals surface area contributed by atoms with Gasteiger partial charge in [0.2, 0.25) is 0 Å². The van der Waals surface area contributed by atoms with Gasteiger partial charge in [0.25, 0.3) is 5.56 Å². The summed E-state index contributed by atoms with van der Waals surface area (Å²) in [6.07, 6.45) is 1.86. The summed E-state index contributed by atoms with van der Waals surface area (Å²) >= 11 is 1.32. The van der Waals surface area contributed by atoms with Gasteiger partial charge in [-0.05, 0) is 36.3 Å². The second kappa shape index (κ2) is 8.35. The van der Waals surface area contributed by atoms with E-state index >= 15 is 0 Å². The minimum atomic E-state index is -0.580. The lowest BCUT2D eigenvalue weighted by Gasteiger charge is -2.24. The molecule has 0 spiro atoms. The van der Waals surface area contributed by atoms with E-state index in [9.17, 15) is 9.59 Å². The van der Waals surface area contributed by atoms with Crippen LogP contribution in [0.25, 0.3) is 6.08 Å². The Morgan fingerprint density at radius 2 is 1.81 bits per heavy atom. The number of ether oxygens (including phenoxy) is 1. The molecule has 0 aliphatic carbocycles. The van der Waals surface area contributed by atoms with Gasteiger partial charge in [0.15, 0.2) is 4.80 Å². The molecule has 31 heavy (non-hydrogen) atoms. The van der Waals surface area contributed by atoms with Gasteiger partial charge in [-0.3, -0.25) is 9.36 Å². The summed E-state index contributed by atoms with van der Waals surface area (Å²) < 4.78 is 7.18. The van der Waals surface area contributed by atoms with Crippen molar-refractivity contribution < 1.29 is 9.53 Å². The number of esters is 1. The standard InChI is InChI=1S/C24H23N3O3S/c1-15-20(23(29)30-4)21(17-8-6-5-7-9-17)27-22(28)19(31-24(27)25-15)14-16-10-12-18(13-11-16)26(2)3/h5-14,21H,1-4H3/b19-14-/t21-/m1/s1. The summed E-state index contributed by atoms with van der Waals surface area (Å²) in [7, 11) is 5.31. The molecule has 0 radical (unpaired) electrons. The molecule has 1 atom stereocenters. The maximum absolute atomic E-state index is 13.4. The van der Waals surface area contributed by atoms with E-state index in [4.69, 9.17) is 4.74 Å². The molecular formula is C24H23N3O3S. The van der Waals surface area contributed by atoms with E-state index < -0.39 is 12.0 Å². The van der Waals surface area contributed by atoms with Gasteiger partial charge in [0.05, 0.1) is 29.0 Å². The minimum absolute atomic E-state index is 0.178. The number of thiazole rings is 1. The van der Waals surface area contributed by atoms with Crippen molar-refractivity contribution in [2.45, 2.75) is 13.0 Å². The second-order valence-electron chi connectivity index (χ2n) is 7.47. The number of anilines is 1. The zero-order chi connectivity index (χ0) is 22.1. The molecule has 3 aromatic rings. The fraction of sp³-hybridized carbons (Fsp3) is 0.208. The molecule has 0 saturated heterocycles. The highest BCUT2D eigenvalue weighted by atomic mass is 32.1. The number of methoxy groups -OCH3 is 1. The maximum atomic E-state index is 13.4. The first-order valence-corrected chi connectivity index (χ1v) is 10.7. The predicted molar refractivity (Wildman–Crippen MR) is 123 cm³/mol. The number of benzene rings is 2. The molecule has 0 fully saturated rings. The first-order chi connectivity index (χ1) is 14.9. The summed E-state index contributed by atoms with van der Waals surface area (Å²) in [5.74, 6) is -0.483. The third kappa shape index (κ3) is 3.84. The largest absolute Gasteiger partial charge is 0.466 e. The highest BCUT2D eigenvalue weighted by molar-refractivity contribution is 7.07. The molecule has 2 aromatic carbocycles. The van der Waals surface area contributed by atoms with Crippen LogP contribution in [-0.4, -0.2) is 31.7 Å². The van der Waals surface area contributed by atoms with Crippen LogP contribution in [0.1, 0.15) is 24.1 Å². The van der Waals surface area contributed by atoms with Gasteiger partial charge in [0.1, 0.15) is 0 Å². The monoisotopic (exact) mass is 433 g/mol. The van der Waals surface area contributed by atoms with Crippen molar-refractivity contribution in [2.75, 3.05) is 26.1 Å². The number of hydrogen-bond acceptors (Lipinski definition) is 6. The van der Waals surface area contributed by atoms with Gasteiger partial charge in [-0.2, -0.15) is 0 Å². The minimum Gasteiger partial charge on any atom is -0.466 e. The zero-order valence-electron chi connectivity index (χ0n) is 17.8. The number of aromatic nitrogens is 1. The zero-order valence-corrected chi connectivity index (χ0v) is 18.6. The average molecular weight is 434 g/mol. The fourth-order valence-corrected chi connectivity index (χ4v) is 4.71. The number of rotatable bonds is 4. The third-order valence-corrected chi connectivity index (χ3v) is 6.23. The van der Waals surface area contributed by atoms with Crippen molar-refractivity contribution in [1.29, 1.82) is 0 Å². The lowest BCUT2D eigenvalue weighted by molar-refractivity contribution is -0.136. The number of fused-ring (bicyclic) bond motifs is 1. The summed E-state index contributed by atoms with van der Waals surface area (Å²) in [4.78, 5) is 33.2.